The number of benzene rings is 1. The molecule has 2 rings (SSSR count). The Balaban J connectivity index is 2.40. The molecule has 1 N–H and O–H groups in total. The van der Waals surface area contributed by atoms with Crippen LogP contribution < -0.4 is 5.32 Å². The molecule has 0 spiro atoms. The molecule has 1 saturated heterocycles. The second kappa shape index (κ2) is 6.04. The zero-order valence-corrected chi connectivity index (χ0v) is 11.8. The molecule has 0 aliphatic carbocycles. The molecule has 1 amide bonds. The maximum atomic E-state index is 13.6. The molecule has 1 aromatic carbocycles. The van der Waals surface area contributed by atoms with Gasteiger partial charge in [0.15, 0.2) is 5.82 Å². The van der Waals surface area contributed by atoms with E-state index in [1.54, 1.807) is 0 Å². The minimum absolute atomic E-state index is 0.0465. The van der Waals surface area contributed by atoms with Gasteiger partial charge in [0, 0.05) is 20.1 Å². The Kier molecular flexibility index (Phi) is 4.37. The summed E-state index contributed by atoms with van der Waals surface area (Å²) in [4.78, 5) is 24.2. The van der Waals surface area contributed by atoms with Gasteiger partial charge in [-0.25, -0.2) is 4.39 Å². The monoisotopic (exact) mass is 297 g/mol. The van der Waals surface area contributed by atoms with Crippen molar-refractivity contribution in [1.82, 2.24) is 4.90 Å². The number of hydrogen-bond acceptors (Lipinski definition) is 5. The van der Waals surface area contributed by atoms with Crippen LogP contribution in [0, 0.1) is 15.9 Å². The number of nitrogens with zero attached hydrogens (tertiary/aromatic N) is 2. The summed E-state index contributed by atoms with van der Waals surface area (Å²) in [5.41, 5.74) is -0.610. The van der Waals surface area contributed by atoms with Crippen molar-refractivity contribution in [2.45, 2.75) is 13.0 Å². The molecule has 7 nitrogen and oxygen atoms in total. The highest BCUT2D eigenvalue weighted by Gasteiger charge is 2.29. The second-order valence-corrected chi connectivity index (χ2v) is 4.79. The Labute approximate surface area is 120 Å². The maximum Gasteiger partial charge on any atom is 0.285 e. The SMILES string of the molecule is CNc1cc(C(=O)N2CCOC(C)C2)c([N+](=O)[O-])cc1F. The highest BCUT2D eigenvalue weighted by Crippen LogP contribution is 2.27. The van der Waals surface area contributed by atoms with Crippen LogP contribution in [-0.2, 0) is 4.74 Å². The Hall–Kier alpha value is -2.22. The first-order chi connectivity index (χ1) is 9.93. The average molecular weight is 297 g/mol. The number of carbonyl (C=O) groups excluding carboxylic acids is 1. The lowest BCUT2D eigenvalue weighted by Gasteiger charge is -2.31. The van der Waals surface area contributed by atoms with Gasteiger partial charge >= 0.3 is 0 Å². The van der Waals surface area contributed by atoms with Crippen LogP contribution in [0.2, 0.25) is 0 Å². The van der Waals surface area contributed by atoms with Crippen molar-refractivity contribution in [2.24, 2.45) is 0 Å². The Morgan fingerprint density at radius 1 is 1.57 bits per heavy atom. The first-order valence-corrected chi connectivity index (χ1v) is 6.50. The number of nitro groups is 1. The third-order valence-electron chi connectivity index (χ3n) is 3.31. The third-order valence-corrected chi connectivity index (χ3v) is 3.31. The van der Waals surface area contributed by atoms with Gasteiger partial charge in [0.25, 0.3) is 11.6 Å². The molecule has 0 bridgehead atoms. The van der Waals surface area contributed by atoms with Crippen LogP contribution in [0.15, 0.2) is 12.1 Å². The lowest BCUT2D eigenvalue weighted by atomic mass is 10.1. The van der Waals surface area contributed by atoms with Gasteiger partial charge in [0.1, 0.15) is 5.56 Å². The number of carbonyl (C=O) groups is 1. The van der Waals surface area contributed by atoms with Crippen molar-refractivity contribution in [3.05, 3.63) is 33.6 Å². The van der Waals surface area contributed by atoms with Crippen molar-refractivity contribution in [1.29, 1.82) is 0 Å². The van der Waals surface area contributed by atoms with Gasteiger partial charge in [-0.05, 0) is 13.0 Å². The normalized spacial score (nSPS) is 18.4. The molecule has 1 atom stereocenters. The van der Waals surface area contributed by atoms with Crippen molar-refractivity contribution in [3.63, 3.8) is 0 Å². The van der Waals surface area contributed by atoms with Crippen LogP contribution in [0.3, 0.4) is 0 Å². The van der Waals surface area contributed by atoms with E-state index in [-0.39, 0.29) is 17.4 Å². The maximum absolute atomic E-state index is 13.6. The lowest BCUT2D eigenvalue weighted by molar-refractivity contribution is -0.385. The van der Waals surface area contributed by atoms with Gasteiger partial charge in [-0.1, -0.05) is 0 Å². The van der Waals surface area contributed by atoms with E-state index in [9.17, 15) is 19.3 Å². The fraction of sp³-hybridized carbons (Fsp3) is 0.462. The van der Waals surface area contributed by atoms with Crippen LogP contribution in [0.25, 0.3) is 0 Å². The number of halogens is 1. The van der Waals surface area contributed by atoms with Crippen LogP contribution in [0.1, 0.15) is 17.3 Å². The van der Waals surface area contributed by atoms with Crippen molar-refractivity contribution in [3.8, 4) is 0 Å². The van der Waals surface area contributed by atoms with E-state index in [0.29, 0.717) is 19.7 Å². The minimum Gasteiger partial charge on any atom is -0.386 e. The molecule has 1 unspecified atom stereocenters. The predicted molar refractivity (Wildman–Crippen MR) is 73.9 cm³/mol. The van der Waals surface area contributed by atoms with E-state index in [0.717, 1.165) is 6.07 Å². The van der Waals surface area contributed by atoms with Crippen LogP contribution >= 0.6 is 0 Å². The average Bonchev–Trinajstić information content (AvgIpc) is 2.46. The quantitative estimate of drug-likeness (QED) is 0.677. The smallest absolute Gasteiger partial charge is 0.285 e. The van der Waals surface area contributed by atoms with Gasteiger partial charge in [0.2, 0.25) is 0 Å². The molecule has 1 aromatic rings. The summed E-state index contributed by atoms with van der Waals surface area (Å²) in [6, 6.07) is 1.94. The minimum atomic E-state index is -0.768. The number of hydrogen-bond donors (Lipinski definition) is 1. The molecule has 0 aromatic heterocycles. The fourth-order valence-corrected chi connectivity index (χ4v) is 2.25. The standard InChI is InChI=1S/C13H16FN3O4/c1-8-7-16(3-4-21-8)13(18)9-5-11(15-2)10(14)6-12(9)17(19)20/h5-6,8,15H,3-4,7H2,1-2H3. The molecular weight excluding hydrogens is 281 g/mol. The van der Waals surface area contributed by atoms with E-state index >= 15 is 0 Å². The largest absolute Gasteiger partial charge is 0.386 e. The van der Waals surface area contributed by atoms with Crippen molar-refractivity contribution in [2.75, 3.05) is 32.1 Å². The third kappa shape index (κ3) is 3.10. The highest BCUT2D eigenvalue weighted by molar-refractivity contribution is 5.99. The predicted octanol–water partition coefficient (Wildman–Crippen LogP) is 1.64. The molecule has 8 heteroatoms. The first-order valence-electron chi connectivity index (χ1n) is 6.50. The van der Waals surface area contributed by atoms with Crippen LogP contribution in [-0.4, -0.2) is 48.6 Å². The highest BCUT2D eigenvalue weighted by atomic mass is 19.1. The van der Waals surface area contributed by atoms with Crippen LogP contribution in [0.4, 0.5) is 15.8 Å². The summed E-state index contributed by atoms with van der Waals surface area (Å²) in [6.07, 6.45) is -0.133. The Bertz CT molecular complexity index is 579. The van der Waals surface area contributed by atoms with Crippen molar-refractivity contribution >= 4 is 17.3 Å². The van der Waals surface area contributed by atoms with Gasteiger partial charge in [0.05, 0.1) is 29.4 Å². The number of morpholine rings is 1. The fourth-order valence-electron chi connectivity index (χ4n) is 2.25. The summed E-state index contributed by atoms with van der Waals surface area (Å²) in [5, 5.41) is 13.6. The summed E-state index contributed by atoms with van der Waals surface area (Å²) in [5.74, 6) is -1.26. The summed E-state index contributed by atoms with van der Waals surface area (Å²) >= 11 is 0. The molecule has 0 saturated carbocycles. The summed E-state index contributed by atoms with van der Waals surface area (Å²) in [6.45, 7) is 2.90. The van der Waals surface area contributed by atoms with Gasteiger partial charge in [-0.15, -0.1) is 0 Å². The zero-order valence-electron chi connectivity index (χ0n) is 11.8. The van der Waals surface area contributed by atoms with Gasteiger partial charge < -0.3 is 15.0 Å². The molecule has 1 fully saturated rings. The van der Waals surface area contributed by atoms with E-state index in [2.05, 4.69) is 5.32 Å². The zero-order chi connectivity index (χ0) is 15.6. The summed E-state index contributed by atoms with van der Waals surface area (Å²) in [7, 11) is 1.48. The van der Waals surface area contributed by atoms with E-state index in [4.69, 9.17) is 4.74 Å². The Morgan fingerprint density at radius 3 is 2.86 bits per heavy atom. The molecular formula is C13H16FN3O4. The molecule has 1 aliphatic heterocycles. The molecule has 21 heavy (non-hydrogen) atoms. The van der Waals surface area contributed by atoms with Gasteiger partial charge in [-0.3, -0.25) is 14.9 Å². The number of anilines is 1. The topological polar surface area (TPSA) is 84.7 Å². The number of amides is 1. The van der Waals surface area contributed by atoms with E-state index in [1.807, 2.05) is 6.92 Å². The molecule has 114 valence electrons. The summed E-state index contributed by atoms with van der Waals surface area (Å²) < 4.78 is 19.0. The first kappa shape index (κ1) is 15.2. The lowest BCUT2D eigenvalue weighted by Crippen LogP contribution is -2.44. The molecule has 1 aliphatic rings. The van der Waals surface area contributed by atoms with Gasteiger partial charge in [-0.2, -0.15) is 0 Å². The van der Waals surface area contributed by atoms with E-state index in [1.165, 1.54) is 18.0 Å². The number of nitro benzene ring substituents is 1. The number of rotatable bonds is 3. The van der Waals surface area contributed by atoms with Crippen LogP contribution in [0.5, 0.6) is 0 Å². The van der Waals surface area contributed by atoms with E-state index < -0.39 is 22.3 Å². The molecule has 1 heterocycles. The Morgan fingerprint density at radius 2 is 2.29 bits per heavy atom. The number of nitrogens with one attached hydrogen (secondary N) is 1. The molecule has 0 radical (unpaired) electrons. The second-order valence-electron chi connectivity index (χ2n) is 4.79. The number of ether oxygens (including phenoxy) is 1. The van der Waals surface area contributed by atoms with Crippen molar-refractivity contribution < 1.29 is 18.8 Å².